The molecule has 16 heavy (non-hydrogen) atoms. The van der Waals surface area contributed by atoms with Crippen molar-refractivity contribution in [2.24, 2.45) is 11.8 Å². The summed E-state index contributed by atoms with van der Waals surface area (Å²) >= 11 is 5.47. The maximum Gasteiger partial charge on any atom is 0.237 e. The molecule has 0 aromatic heterocycles. The molecule has 0 unspecified atom stereocenters. The Hall–Kier alpha value is -1.10. The fraction of sp³-hybridized carbons (Fsp3) is 0.700. The number of piperidine rings is 1. The van der Waals surface area contributed by atoms with E-state index in [2.05, 4.69) is 0 Å². The van der Waals surface area contributed by atoms with Gasteiger partial charge in [-0.3, -0.25) is 19.3 Å². The van der Waals surface area contributed by atoms with E-state index in [9.17, 15) is 14.4 Å². The van der Waals surface area contributed by atoms with Gasteiger partial charge in [-0.15, -0.1) is 11.6 Å². The second-order valence-electron chi connectivity index (χ2n) is 4.21. The van der Waals surface area contributed by atoms with Crippen LogP contribution in [0.3, 0.4) is 0 Å². The Morgan fingerprint density at radius 1 is 1.38 bits per heavy atom. The highest BCUT2D eigenvalue weighted by atomic mass is 35.5. The maximum absolute atomic E-state index is 11.7. The number of amides is 3. The molecule has 0 bridgehead atoms. The van der Waals surface area contributed by atoms with Crippen molar-refractivity contribution < 1.29 is 14.4 Å². The summed E-state index contributed by atoms with van der Waals surface area (Å²) in [6, 6.07) is 0. The molecule has 0 saturated carbocycles. The van der Waals surface area contributed by atoms with Crippen molar-refractivity contribution in [1.82, 2.24) is 9.80 Å². The molecule has 3 amide bonds. The zero-order valence-corrected chi connectivity index (χ0v) is 9.74. The molecular weight excluding hydrogens is 232 g/mol. The van der Waals surface area contributed by atoms with Gasteiger partial charge in [0.05, 0.1) is 11.8 Å². The first-order chi connectivity index (χ1) is 7.56. The van der Waals surface area contributed by atoms with Crippen LogP contribution in [-0.2, 0) is 14.4 Å². The Bertz CT molecular complexity index is 358. The first kappa shape index (κ1) is 11.4. The second-order valence-corrected chi connectivity index (χ2v) is 4.48. The third kappa shape index (κ3) is 1.59. The van der Waals surface area contributed by atoms with Gasteiger partial charge in [0.25, 0.3) is 0 Å². The number of hydrogen-bond acceptors (Lipinski definition) is 3. The number of carbonyl (C=O) groups is 3. The van der Waals surface area contributed by atoms with Crippen molar-refractivity contribution in [2.45, 2.75) is 6.42 Å². The zero-order chi connectivity index (χ0) is 11.9. The van der Waals surface area contributed by atoms with Gasteiger partial charge in [-0.05, 0) is 6.42 Å². The molecule has 2 fully saturated rings. The van der Waals surface area contributed by atoms with Gasteiger partial charge < -0.3 is 4.90 Å². The third-order valence-corrected chi connectivity index (χ3v) is 3.60. The maximum atomic E-state index is 11.7. The van der Waals surface area contributed by atoms with Crippen molar-refractivity contribution in [2.75, 3.05) is 26.0 Å². The largest absolute Gasteiger partial charge is 0.341 e. The molecule has 88 valence electrons. The summed E-state index contributed by atoms with van der Waals surface area (Å²) in [5.41, 5.74) is 0. The molecule has 2 rings (SSSR count). The van der Waals surface area contributed by atoms with Crippen molar-refractivity contribution in [1.29, 1.82) is 0 Å². The van der Waals surface area contributed by atoms with E-state index in [0.717, 1.165) is 0 Å². The molecule has 0 aromatic carbocycles. The van der Waals surface area contributed by atoms with Gasteiger partial charge in [-0.2, -0.15) is 0 Å². The molecule has 0 radical (unpaired) electrons. The van der Waals surface area contributed by atoms with Crippen molar-refractivity contribution in [3.63, 3.8) is 0 Å². The SMILES string of the molecule is CN1C(=O)[C@H]2CCN(C(=O)CCl)C[C@@H]2C1=O. The molecule has 5 nitrogen and oxygen atoms in total. The van der Waals surface area contributed by atoms with Gasteiger partial charge in [0.2, 0.25) is 17.7 Å². The van der Waals surface area contributed by atoms with Gasteiger partial charge in [0.1, 0.15) is 5.88 Å². The summed E-state index contributed by atoms with van der Waals surface area (Å²) in [5.74, 6) is -1.14. The van der Waals surface area contributed by atoms with E-state index in [1.165, 1.54) is 11.9 Å². The first-order valence-electron chi connectivity index (χ1n) is 5.21. The third-order valence-electron chi connectivity index (χ3n) is 3.38. The molecule has 2 aliphatic heterocycles. The lowest BCUT2D eigenvalue weighted by atomic mass is 9.88. The van der Waals surface area contributed by atoms with Crippen LogP contribution < -0.4 is 0 Å². The molecular formula is C10H13ClN2O3. The molecule has 0 spiro atoms. The van der Waals surface area contributed by atoms with Crippen LogP contribution in [0.2, 0.25) is 0 Å². The second kappa shape index (κ2) is 4.05. The van der Waals surface area contributed by atoms with Crippen molar-refractivity contribution in [3.05, 3.63) is 0 Å². The Morgan fingerprint density at radius 2 is 2.00 bits per heavy atom. The highest BCUT2D eigenvalue weighted by Gasteiger charge is 2.48. The summed E-state index contributed by atoms with van der Waals surface area (Å²) in [4.78, 5) is 37.6. The van der Waals surface area contributed by atoms with E-state index in [4.69, 9.17) is 11.6 Å². The summed E-state index contributed by atoms with van der Waals surface area (Å²) in [6.45, 7) is 0.838. The van der Waals surface area contributed by atoms with Crippen LogP contribution in [0.25, 0.3) is 0 Å². The van der Waals surface area contributed by atoms with Gasteiger partial charge in [-0.1, -0.05) is 0 Å². The van der Waals surface area contributed by atoms with Crippen LogP contribution in [0.1, 0.15) is 6.42 Å². The topological polar surface area (TPSA) is 57.7 Å². The molecule has 2 aliphatic rings. The lowest BCUT2D eigenvalue weighted by Crippen LogP contribution is -2.45. The molecule has 0 aromatic rings. The Morgan fingerprint density at radius 3 is 2.62 bits per heavy atom. The van der Waals surface area contributed by atoms with E-state index in [-0.39, 0.29) is 35.4 Å². The van der Waals surface area contributed by atoms with Crippen LogP contribution in [-0.4, -0.2) is 53.5 Å². The van der Waals surface area contributed by atoms with E-state index in [1.807, 2.05) is 0 Å². The van der Waals surface area contributed by atoms with Crippen molar-refractivity contribution in [3.8, 4) is 0 Å². The van der Waals surface area contributed by atoms with Crippen LogP contribution in [0.4, 0.5) is 0 Å². The minimum atomic E-state index is -0.363. The average Bonchev–Trinajstić information content (AvgIpc) is 2.53. The number of hydrogen-bond donors (Lipinski definition) is 0. The normalized spacial score (nSPS) is 29.6. The standard InChI is InChI=1S/C10H13ClN2O3/c1-12-9(15)6-2-3-13(8(14)4-11)5-7(6)10(12)16/h6-7H,2-5H2,1H3/t6-,7-/m0/s1. The molecule has 0 N–H and O–H groups in total. The van der Waals surface area contributed by atoms with Gasteiger partial charge in [0, 0.05) is 20.1 Å². The van der Waals surface area contributed by atoms with Gasteiger partial charge >= 0.3 is 0 Å². The van der Waals surface area contributed by atoms with Gasteiger partial charge in [0.15, 0.2) is 0 Å². The lowest BCUT2D eigenvalue weighted by Gasteiger charge is -2.31. The monoisotopic (exact) mass is 244 g/mol. The minimum absolute atomic E-state index is 0.0740. The zero-order valence-electron chi connectivity index (χ0n) is 8.98. The molecule has 2 atom stereocenters. The van der Waals surface area contributed by atoms with E-state index in [0.29, 0.717) is 19.5 Å². The number of alkyl halides is 1. The fourth-order valence-electron chi connectivity index (χ4n) is 2.41. The molecule has 2 heterocycles. The molecule has 6 heteroatoms. The predicted octanol–water partition coefficient (Wildman–Crippen LogP) is -0.312. The number of imide groups is 1. The number of carbonyl (C=O) groups excluding carboxylic acids is 3. The van der Waals surface area contributed by atoms with Crippen LogP contribution >= 0.6 is 11.6 Å². The number of rotatable bonds is 1. The number of halogens is 1. The van der Waals surface area contributed by atoms with Crippen LogP contribution in [0.15, 0.2) is 0 Å². The Balaban J connectivity index is 2.13. The van der Waals surface area contributed by atoms with E-state index < -0.39 is 0 Å². The average molecular weight is 245 g/mol. The Kier molecular flexibility index (Phi) is 2.88. The smallest absolute Gasteiger partial charge is 0.237 e. The van der Waals surface area contributed by atoms with Crippen LogP contribution in [0, 0.1) is 11.8 Å². The highest BCUT2D eigenvalue weighted by molar-refractivity contribution is 6.27. The van der Waals surface area contributed by atoms with Crippen LogP contribution in [0.5, 0.6) is 0 Å². The molecule has 2 saturated heterocycles. The summed E-state index contributed by atoms with van der Waals surface area (Å²) in [7, 11) is 1.50. The highest BCUT2D eigenvalue weighted by Crippen LogP contribution is 2.32. The first-order valence-corrected chi connectivity index (χ1v) is 5.75. The number of likely N-dealkylation sites (tertiary alicyclic amines) is 2. The summed E-state index contributed by atoms with van der Waals surface area (Å²) in [5, 5.41) is 0. The van der Waals surface area contributed by atoms with E-state index >= 15 is 0 Å². The number of nitrogens with zero attached hydrogens (tertiary/aromatic N) is 2. The van der Waals surface area contributed by atoms with E-state index in [1.54, 1.807) is 4.90 Å². The fourth-order valence-corrected chi connectivity index (χ4v) is 2.58. The number of fused-ring (bicyclic) bond motifs is 1. The van der Waals surface area contributed by atoms with Crippen molar-refractivity contribution >= 4 is 29.3 Å². The Labute approximate surface area is 98.3 Å². The minimum Gasteiger partial charge on any atom is -0.341 e. The summed E-state index contributed by atoms with van der Waals surface area (Å²) in [6.07, 6.45) is 0.558. The summed E-state index contributed by atoms with van der Waals surface area (Å²) < 4.78 is 0. The quantitative estimate of drug-likeness (QED) is 0.470. The lowest BCUT2D eigenvalue weighted by molar-refractivity contribution is -0.138. The molecule has 0 aliphatic carbocycles. The predicted molar refractivity (Wildman–Crippen MR) is 56.7 cm³/mol. The van der Waals surface area contributed by atoms with Gasteiger partial charge in [-0.25, -0.2) is 0 Å².